The van der Waals surface area contributed by atoms with Gasteiger partial charge in [-0.3, -0.25) is 14.0 Å². The van der Waals surface area contributed by atoms with Gasteiger partial charge >= 0.3 is 0 Å². The number of imidazole rings is 1. The summed E-state index contributed by atoms with van der Waals surface area (Å²) in [6.45, 7) is 2.60. The van der Waals surface area contributed by atoms with E-state index < -0.39 is 12.0 Å². The topological polar surface area (TPSA) is 88.6 Å². The van der Waals surface area contributed by atoms with Crippen molar-refractivity contribution < 1.29 is 9.90 Å². The Morgan fingerprint density at radius 3 is 2.86 bits per heavy atom. The summed E-state index contributed by atoms with van der Waals surface area (Å²) < 4.78 is 3.32. The van der Waals surface area contributed by atoms with E-state index in [4.69, 9.17) is 11.6 Å². The van der Waals surface area contributed by atoms with Gasteiger partial charge in [0.1, 0.15) is 5.69 Å². The van der Waals surface area contributed by atoms with Gasteiger partial charge in [-0.15, -0.1) is 0 Å². The van der Waals surface area contributed by atoms with Crippen molar-refractivity contribution in [2.75, 3.05) is 6.54 Å². The van der Waals surface area contributed by atoms with Crippen LogP contribution in [0.3, 0.4) is 0 Å². The van der Waals surface area contributed by atoms with Crippen molar-refractivity contribution in [2.45, 2.75) is 38.8 Å². The third-order valence-corrected chi connectivity index (χ3v) is 5.42. The number of aliphatic hydroxyl groups is 1. The first kappa shape index (κ1) is 19.7. The Morgan fingerprint density at radius 1 is 1.38 bits per heavy atom. The SMILES string of the molecule is CC[C@H](O)CNC(=O)c1cn2cc(-c3cccc(Cl)c3)n(CC3CC3)c(=O)c2n1. The molecule has 3 aromatic rings. The van der Waals surface area contributed by atoms with Crippen LogP contribution in [0.1, 0.15) is 36.7 Å². The molecule has 1 atom stereocenters. The summed E-state index contributed by atoms with van der Waals surface area (Å²) in [6, 6.07) is 7.37. The minimum absolute atomic E-state index is 0.142. The number of nitrogens with zero attached hydrogens (tertiary/aromatic N) is 3. The van der Waals surface area contributed by atoms with E-state index in [0.717, 1.165) is 24.1 Å². The lowest BCUT2D eigenvalue weighted by Crippen LogP contribution is -2.31. The van der Waals surface area contributed by atoms with Crippen LogP contribution in [0.5, 0.6) is 0 Å². The number of benzene rings is 1. The number of rotatable bonds is 7. The van der Waals surface area contributed by atoms with Crippen LogP contribution in [0, 0.1) is 5.92 Å². The van der Waals surface area contributed by atoms with E-state index in [2.05, 4.69) is 10.3 Å². The average molecular weight is 415 g/mol. The third-order valence-electron chi connectivity index (χ3n) is 5.18. The summed E-state index contributed by atoms with van der Waals surface area (Å²) in [5, 5.41) is 12.9. The van der Waals surface area contributed by atoms with Gasteiger partial charge < -0.3 is 15.0 Å². The van der Waals surface area contributed by atoms with Crippen molar-refractivity contribution in [3.63, 3.8) is 0 Å². The fraction of sp³-hybridized carbons (Fsp3) is 0.381. The number of amides is 1. The average Bonchev–Trinajstić information content (AvgIpc) is 3.43. The maximum atomic E-state index is 13.2. The number of aliphatic hydroxyl groups excluding tert-OH is 1. The minimum Gasteiger partial charge on any atom is -0.391 e. The highest BCUT2D eigenvalue weighted by atomic mass is 35.5. The molecule has 8 heteroatoms. The summed E-state index contributed by atoms with van der Waals surface area (Å²) in [6.07, 6.45) is 5.50. The van der Waals surface area contributed by atoms with Crippen LogP contribution in [-0.4, -0.2) is 37.6 Å². The maximum Gasteiger partial charge on any atom is 0.294 e. The van der Waals surface area contributed by atoms with Gasteiger partial charge in [0.15, 0.2) is 0 Å². The first-order valence-electron chi connectivity index (χ1n) is 9.81. The Labute approximate surface area is 173 Å². The second kappa shape index (κ2) is 8.00. The van der Waals surface area contributed by atoms with Gasteiger partial charge in [0.05, 0.1) is 11.8 Å². The summed E-state index contributed by atoms with van der Waals surface area (Å²) in [5.41, 5.74) is 1.69. The van der Waals surface area contributed by atoms with Crippen LogP contribution < -0.4 is 10.9 Å². The highest BCUT2D eigenvalue weighted by Gasteiger charge is 2.25. The smallest absolute Gasteiger partial charge is 0.294 e. The van der Waals surface area contributed by atoms with E-state index in [0.29, 0.717) is 23.9 Å². The van der Waals surface area contributed by atoms with Gasteiger partial charge in [0.25, 0.3) is 11.5 Å². The molecule has 0 spiro atoms. The summed E-state index contributed by atoms with van der Waals surface area (Å²) in [5.74, 6) is 0.0694. The van der Waals surface area contributed by atoms with E-state index in [1.54, 1.807) is 21.2 Å². The lowest BCUT2D eigenvalue weighted by molar-refractivity contribution is 0.0909. The molecule has 1 fully saturated rings. The van der Waals surface area contributed by atoms with Crippen molar-refractivity contribution in [3.05, 3.63) is 57.7 Å². The number of nitrogens with one attached hydrogen (secondary N) is 1. The zero-order chi connectivity index (χ0) is 20.5. The highest BCUT2D eigenvalue weighted by Crippen LogP contribution is 2.32. The highest BCUT2D eigenvalue weighted by molar-refractivity contribution is 6.30. The zero-order valence-electron chi connectivity index (χ0n) is 16.1. The zero-order valence-corrected chi connectivity index (χ0v) is 16.9. The Bertz CT molecular complexity index is 1120. The van der Waals surface area contributed by atoms with Gasteiger partial charge in [0, 0.05) is 36.1 Å². The van der Waals surface area contributed by atoms with Crippen LogP contribution in [0.2, 0.25) is 5.02 Å². The number of carbonyl (C=O) groups is 1. The first-order valence-corrected chi connectivity index (χ1v) is 10.2. The van der Waals surface area contributed by atoms with Crippen molar-refractivity contribution >= 4 is 23.2 Å². The van der Waals surface area contributed by atoms with E-state index in [-0.39, 0.29) is 23.4 Å². The summed E-state index contributed by atoms with van der Waals surface area (Å²) in [4.78, 5) is 29.9. The number of fused-ring (bicyclic) bond motifs is 1. The third kappa shape index (κ3) is 4.21. The molecule has 2 N–H and O–H groups in total. The molecule has 152 valence electrons. The summed E-state index contributed by atoms with van der Waals surface area (Å²) >= 11 is 6.16. The molecule has 0 saturated heterocycles. The van der Waals surface area contributed by atoms with E-state index in [1.165, 1.54) is 0 Å². The number of aromatic nitrogens is 3. The molecule has 0 aliphatic heterocycles. The fourth-order valence-corrected chi connectivity index (χ4v) is 3.44. The van der Waals surface area contributed by atoms with Gasteiger partial charge in [-0.05, 0) is 37.3 Å². The number of halogens is 1. The lowest BCUT2D eigenvalue weighted by atomic mass is 10.1. The Hall–Kier alpha value is -2.64. The van der Waals surface area contributed by atoms with Crippen molar-refractivity contribution in [3.8, 4) is 11.3 Å². The molecular weight excluding hydrogens is 392 g/mol. The Morgan fingerprint density at radius 2 is 2.17 bits per heavy atom. The maximum absolute atomic E-state index is 13.2. The van der Waals surface area contributed by atoms with E-state index in [9.17, 15) is 14.7 Å². The lowest BCUT2D eigenvalue weighted by Gasteiger charge is -2.13. The van der Waals surface area contributed by atoms with Crippen LogP contribution in [-0.2, 0) is 6.54 Å². The molecule has 1 saturated carbocycles. The fourth-order valence-electron chi connectivity index (χ4n) is 3.25. The Balaban J connectivity index is 1.77. The van der Waals surface area contributed by atoms with Crippen molar-refractivity contribution in [2.24, 2.45) is 5.92 Å². The molecule has 7 nitrogen and oxygen atoms in total. The standard InChI is InChI=1S/C21H23ClN4O3/c1-2-16(27)9-23-20(28)17-11-25-12-18(14-4-3-5-15(22)8-14)26(10-13-6-7-13)21(29)19(25)24-17/h3-5,8,11-13,16,27H,2,6-7,9-10H2,1H3,(H,23,28)/t16-/m0/s1. The number of carbonyl (C=O) groups excluding carboxylic acids is 1. The second-order valence-electron chi connectivity index (χ2n) is 7.51. The van der Waals surface area contributed by atoms with Crippen molar-refractivity contribution in [1.82, 2.24) is 19.3 Å². The van der Waals surface area contributed by atoms with Crippen LogP contribution in [0.15, 0.2) is 41.5 Å². The molecule has 0 radical (unpaired) electrons. The van der Waals surface area contributed by atoms with Crippen molar-refractivity contribution in [1.29, 1.82) is 0 Å². The van der Waals surface area contributed by atoms with Gasteiger partial charge in [-0.1, -0.05) is 30.7 Å². The van der Waals surface area contributed by atoms with Gasteiger partial charge in [-0.25, -0.2) is 4.98 Å². The first-order chi connectivity index (χ1) is 14.0. The molecular formula is C21H23ClN4O3. The quantitative estimate of drug-likeness (QED) is 0.622. The number of hydrogen-bond donors (Lipinski definition) is 2. The van der Waals surface area contributed by atoms with Crippen LogP contribution in [0.4, 0.5) is 0 Å². The minimum atomic E-state index is -0.610. The van der Waals surface area contributed by atoms with E-state index >= 15 is 0 Å². The summed E-state index contributed by atoms with van der Waals surface area (Å²) in [7, 11) is 0. The second-order valence-corrected chi connectivity index (χ2v) is 7.95. The molecule has 1 amide bonds. The predicted octanol–water partition coefficient (Wildman–Crippen LogP) is 2.73. The molecule has 0 unspecified atom stereocenters. The van der Waals surface area contributed by atoms with Gasteiger partial charge in [-0.2, -0.15) is 0 Å². The van der Waals surface area contributed by atoms with E-state index in [1.807, 2.05) is 31.3 Å². The molecule has 1 aliphatic rings. The molecule has 0 bridgehead atoms. The monoisotopic (exact) mass is 414 g/mol. The predicted molar refractivity (Wildman–Crippen MR) is 111 cm³/mol. The molecule has 29 heavy (non-hydrogen) atoms. The molecule has 1 aromatic carbocycles. The molecule has 4 rings (SSSR count). The Kier molecular flexibility index (Phi) is 5.43. The molecule has 1 aliphatic carbocycles. The molecule has 2 aromatic heterocycles. The van der Waals surface area contributed by atoms with Crippen LogP contribution in [0.25, 0.3) is 16.9 Å². The molecule has 2 heterocycles. The van der Waals surface area contributed by atoms with Gasteiger partial charge in [0.2, 0.25) is 5.65 Å². The normalized spacial score (nSPS) is 14.9. The van der Waals surface area contributed by atoms with Crippen LogP contribution >= 0.6 is 11.6 Å². The largest absolute Gasteiger partial charge is 0.391 e. The number of hydrogen-bond acceptors (Lipinski definition) is 4.